The van der Waals surface area contributed by atoms with Gasteiger partial charge in [-0.1, -0.05) is 25.5 Å². The fourth-order valence-corrected chi connectivity index (χ4v) is 1.93. The second-order valence-electron chi connectivity index (χ2n) is 5.35. The molecule has 0 radical (unpaired) electrons. The van der Waals surface area contributed by atoms with Crippen LogP contribution in [0.5, 0.6) is 0 Å². The summed E-state index contributed by atoms with van der Waals surface area (Å²) >= 11 is 0. The highest BCUT2D eigenvalue weighted by Gasteiger charge is 2.16. The summed E-state index contributed by atoms with van der Waals surface area (Å²) in [6.45, 7) is 2.50. The Morgan fingerprint density at radius 3 is 2.76 bits per heavy atom. The van der Waals surface area contributed by atoms with Crippen LogP contribution in [-0.4, -0.2) is 48.7 Å². The number of nitriles is 1. The normalized spacial score (nSPS) is 10.7. The van der Waals surface area contributed by atoms with E-state index in [0.717, 1.165) is 12.8 Å². The fourth-order valence-electron chi connectivity index (χ4n) is 1.93. The van der Waals surface area contributed by atoms with Crippen LogP contribution >= 0.6 is 0 Å². The number of rotatable bonds is 9. The number of hydrogen-bond acceptors (Lipinski definition) is 6. The molecule has 0 heterocycles. The van der Waals surface area contributed by atoms with Crippen LogP contribution in [0.25, 0.3) is 0 Å². The van der Waals surface area contributed by atoms with Gasteiger partial charge in [0, 0.05) is 19.8 Å². The molecular formula is C18H23N3O4. The summed E-state index contributed by atoms with van der Waals surface area (Å²) in [6, 6.07) is 8.28. The second kappa shape index (κ2) is 10.8. The van der Waals surface area contributed by atoms with Gasteiger partial charge in [0.1, 0.15) is 11.6 Å². The molecule has 0 unspecified atom stereocenters. The molecule has 0 bridgehead atoms. The molecule has 0 spiro atoms. The maximum Gasteiger partial charge on any atom is 0.340 e. The van der Waals surface area contributed by atoms with Crippen molar-refractivity contribution in [2.75, 3.05) is 32.1 Å². The van der Waals surface area contributed by atoms with Crippen molar-refractivity contribution < 1.29 is 19.4 Å². The molecule has 0 aromatic heterocycles. The van der Waals surface area contributed by atoms with Crippen molar-refractivity contribution >= 4 is 17.6 Å². The Labute approximate surface area is 147 Å². The van der Waals surface area contributed by atoms with Crippen LogP contribution in [0.3, 0.4) is 0 Å². The van der Waals surface area contributed by atoms with Crippen molar-refractivity contribution in [1.29, 1.82) is 5.26 Å². The van der Waals surface area contributed by atoms with E-state index < -0.39 is 11.9 Å². The third-order valence-corrected chi connectivity index (χ3v) is 3.29. The highest BCUT2D eigenvalue weighted by Crippen LogP contribution is 2.17. The summed E-state index contributed by atoms with van der Waals surface area (Å²) in [6.07, 6.45) is 3.01. The SMILES string of the molecule is CCCCOC(=O)c1ccccc1NC(=O)/C(C#N)=C\N(C)CCO. The maximum absolute atomic E-state index is 12.3. The van der Waals surface area contributed by atoms with Crippen LogP contribution in [0.4, 0.5) is 5.69 Å². The Hall–Kier alpha value is -2.85. The van der Waals surface area contributed by atoms with Gasteiger partial charge in [-0.05, 0) is 18.6 Å². The number of benzene rings is 1. The number of amides is 1. The smallest absolute Gasteiger partial charge is 0.340 e. The molecule has 25 heavy (non-hydrogen) atoms. The average molecular weight is 345 g/mol. The fraction of sp³-hybridized carbons (Fsp3) is 0.389. The molecule has 0 fully saturated rings. The van der Waals surface area contributed by atoms with Gasteiger partial charge in [0.2, 0.25) is 0 Å². The second-order valence-corrected chi connectivity index (χ2v) is 5.35. The van der Waals surface area contributed by atoms with E-state index in [1.807, 2.05) is 13.0 Å². The minimum absolute atomic E-state index is 0.0975. The van der Waals surface area contributed by atoms with Crippen molar-refractivity contribution in [2.24, 2.45) is 0 Å². The van der Waals surface area contributed by atoms with Gasteiger partial charge >= 0.3 is 5.97 Å². The minimum atomic E-state index is -0.638. The molecule has 1 aromatic rings. The highest BCUT2D eigenvalue weighted by molar-refractivity contribution is 6.09. The van der Waals surface area contributed by atoms with Crippen molar-refractivity contribution in [3.05, 3.63) is 41.6 Å². The van der Waals surface area contributed by atoms with E-state index in [1.165, 1.54) is 11.1 Å². The van der Waals surface area contributed by atoms with E-state index in [4.69, 9.17) is 15.1 Å². The van der Waals surface area contributed by atoms with Gasteiger partial charge < -0.3 is 20.1 Å². The summed E-state index contributed by atoms with van der Waals surface area (Å²) in [7, 11) is 1.64. The van der Waals surface area contributed by atoms with Gasteiger partial charge in [-0.15, -0.1) is 0 Å². The lowest BCUT2D eigenvalue weighted by Crippen LogP contribution is -2.21. The van der Waals surface area contributed by atoms with Crippen molar-refractivity contribution in [2.45, 2.75) is 19.8 Å². The number of aliphatic hydroxyl groups is 1. The van der Waals surface area contributed by atoms with Gasteiger partial charge in [0.25, 0.3) is 5.91 Å². The number of nitrogens with zero attached hydrogens (tertiary/aromatic N) is 2. The Bertz CT molecular complexity index is 665. The molecule has 134 valence electrons. The quantitative estimate of drug-likeness (QED) is 0.307. The first kappa shape index (κ1) is 20.2. The zero-order valence-corrected chi connectivity index (χ0v) is 14.5. The number of aliphatic hydroxyl groups excluding tert-OH is 1. The Morgan fingerprint density at radius 2 is 2.12 bits per heavy atom. The van der Waals surface area contributed by atoms with Gasteiger partial charge in [0.05, 0.1) is 24.5 Å². The summed E-state index contributed by atoms with van der Waals surface area (Å²) in [5.74, 6) is -1.16. The molecule has 1 rings (SSSR count). The minimum Gasteiger partial charge on any atom is -0.462 e. The molecule has 0 aliphatic heterocycles. The maximum atomic E-state index is 12.3. The number of hydrogen-bond donors (Lipinski definition) is 2. The molecule has 2 N–H and O–H groups in total. The number of unbranched alkanes of at least 4 members (excludes halogenated alkanes) is 1. The lowest BCUT2D eigenvalue weighted by Gasteiger charge is -2.13. The summed E-state index contributed by atoms with van der Waals surface area (Å²) in [4.78, 5) is 25.9. The molecule has 0 saturated heterocycles. The summed E-state index contributed by atoms with van der Waals surface area (Å²) < 4.78 is 5.17. The van der Waals surface area contributed by atoms with Crippen molar-refractivity contribution in [3.8, 4) is 6.07 Å². The van der Waals surface area contributed by atoms with Gasteiger partial charge in [-0.3, -0.25) is 4.79 Å². The number of anilines is 1. The van der Waals surface area contributed by atoms with Gasteiger partial charge in [-0.2, -0.15) is 5.26 Å². The molecule has 1 amide bonds. The van der Waals surface area contributed by atoms with Crippen LogP contribution < -0.4 is 5.32 Å². The summed E-state index contributed by atoms with van der Waals surface area (Å²) in [5, 5.41) is 20.6. The molecule has 0 atom stereocenters. The van der Waals surface area contributed by atoms with Crippen molar-refractivity contribution in [3.63, 3.8) is 0 Å². The first-order valence-electron chi connectivity index (χ1n) is 8.04. The molecule has 7 heteroatoms. The molecule has 0 aliphatic rings. The predicted molar refractivity (Wildman–Crippen MR) is 93.7 cm³/mol. The Morgan fingerprint density at radius 1 is 1.40 bits per heavy atom. The van der Waals surface area contributed by atoms with E-state index in [1.54, 1.807) is 31.3 Å². The number of carbonyl (C=O) groups excluding carboxylic acids is 2. The van der Waals surface area contributed by atoms with E-state index in [0.29, 0.717) is 13.2 Å². The standard InChI is InChI=1S/C18H23N3O4/c1-3-4-11-25-18(24)15-7-5-6-8-16(15)20-17(23)14(12-19)13-21(2)9-10-22/h5-8,13,22H,3-4,9-11H2,1-2H3,(H,20,23)/b14-13-. The first-order chi connectivity index (χ1) is 12.0. The van der Waals surface area contributed by atoms with Crippen LogP contribution in [0, 0.1) is 11.3 Å². The van der Waals surface area contributed by atoms with E-state index >= 15 is 0 Å². The summed E-state index contributed by atoms with van der Waals surface area (Å²) in [5.41, 5.74) is 0.373. The molecule has 1 aromatic carbocycles. The van der Waals surface area contributed by atoms with Gasteiger partial charge in [0.15, 0.2) is 0 Å². The number of nitrogens with one attached hydrogen (secondary N) is 1. The number of ether oxygens (including phenoxy) is 1. The predicted octanol–water partition coefficient (Wildman–Crippen LogP) is 1.91. The van der Waals surface area contributed by atoms with E-state index in [9.17, 15) is 9.59 Å². The zero-order chi connectivity index (χ0) is 18.7. The molecule has 0 saturated carbocycles. The third-order valence-electron chi connectivity index (χ3n) is 3.29. The molecule has 7 nitrogen and oxygen atoms in total. The number of likely N-dealkylation sites (N-methyl/N-ethyl adjacent to an activating group) is 1. The van der Waals surface area contributed by atoms with Crippen LogP contribution in [0.2, 0.25) is 0 Å². The highest BCUT2D eigenvalue weighted by atomic mass is 16.5. The lowest BCUT2D eigenvalue weighted by atomic mass is 10.1. The van der Waals surface area contributed by atoms with Crippen LogP contribution in [0.1, 0.15) is 30.1 Å². The van der Waals surface area contributed by atoms with Gasteiger partial charge in [-0.25, -0.2) is 4.79 Å². The molecular weight excluding hydrogens is 322 g/mol. The first-order valence-corrected chi connectivity index (χ1v) is 8.04. The number of esters is 1. The van der Waals surface area contributed by atoms with E-state index in [2.05, 4.69) is 5.32 Å². The largest absolute Gasteiger partial charge is 0.462 e. The Kier molecular flexibility index (Phi) is 8.75. The lowest BCUT2D eigenvalue weighted by molar-refractivity contribution is -0.112. The topological polar surface area (TPSA) is 103 Å². The third kappa shape index (κ3) is 6.65. The Balaban J connectivity index is 2.90. The average Bonchev–Trinajstić information content (AvgIpc) is 2.60. The van der Waals surface area contributed by atoms with E-state index in [-0.39, 0.29) is 23.4 Å². The monoisotopic (exact) mass is 345 g/mol. The van der Waals surface area contributed by atoms with Crippen molar-refractivity contribution in [1.82, 2.24) is 4.90 Å². The van der Waals surface area contributed by atoms with Crippen LogP contribution in [0.15, 0.2) is 36.0 Å². The number of para-hydroxylation sites is 1. The number of carbonyl (C=O) groups is 2. The van der Waals surface area contributed by atoms with Crippen LogP contribution in [-0.2, 0) is 9.53 Å². The molecule has 0 aliphatic carbocycles. The zero-order valence-electron chi connectivity index (χ0n) is 14.5.